The van der Waals surface area contributed by atoms with Gasteiger partial charge in [0.05, 0.1) is 35.0 Å². The van der Waals surface area contributed by atoms with Gasteiger partial charge in [0, 0.05) is 18.7 Å². The summed E-state index contributed by atoms with van der Waals surface area (Å²) in [6.07, 6.45) is 0.507. The minimum absolute atomic E-state index is 0.314. The van der Waals surface area contributed by atoms with Gasteiger partial charge in [-0.1, -0.05) is 12.1 Å². The third-order valence-corrected chi connectivity index (χ3v) is 4.55. The van der Waals surface area contributed by atoms with Crippen molar-refractivity contribution < 1.29 is 18.0 Å². The summed E-state index contributed by atoms with van der Waals surface area (Å²) in [5.41, 5.74) is 0.949. The largest absolute Gasteiger partial charge is 0.416 e. The molecule has 0 fully saturated rings. The van der Waals surface area contributed by atoms with Crippen molar-refractivity contribution in [3.63, 3.8) is 0 Å². The van der Waals surface area contributed by atoms with Crippen LogP contribution in [0.5, 0.6) is 0 Å². The first kappa shape index (κ1) is 19.6. The molecule has 4 rings (SSSR count). The molecule has 30 heavy (non-hydrogen) atoms. The maximum Gasteiger partial charge on any atom is 0.416 e. The van der Waals surface area contributed by atoms with Crippen LogP contribution in [-0.4, -0.2) is 34.1 Å². The molecule has 154 valence electrons. The van der Waals surface area contributed by atoms with E-state index in [0.717, 1.165) is 12.1 Å². The molecule has 7 nitrogen and oxygen atoms in total. The molecule has 0 aliphatic carbocycles. The van der Waals surface area contributed by atoms with Crippen LogP contribution in [0.4, 0.5) is 35.2 Å². The van der Waals surface area contributed by atoms with E-state index in [1.807, 2.05) is 0 Å². The molecule has 2 aromatic heterocycles. The second kappa shape index (κ2) is 7.97. The number of amides is 2. The zero-order chi connectivity index (χ0) is 21.1. The third kappa shape index (κ3) is 4.17. The lowest BCUT2D eigenvalue weighted by molar-refractivity contribution is -0.137. The number of alkyl halides is 3. The fourth-order valence-corrected chi connectivity index (χ4v) is 3.13. The molecule has 0 saturated carbocycles. The summed E-state index contributed by atoms with van der Waals surface area (Å²) < 4.78 is 39.3. The maximum atomic E-state index is 13.1. The summed E-state index contributed by atoms with van der Waals surface area (Å²) >= 11 is 0. The standard InChI is InChI=1S/C20H17F3N6O/c21-20(22,23)14-4-1-3-13(9-14)16-5-6-17-18(28-16)29(8-2-7-26-17)19(30)27-15-10-24-12-25-11-15/h1,3-6,9-12,26H,2,7-8H2,(H,27,30). The Labute approximate surface area is 170 Å². The highest BCUT2D eigenvalue weighted by Crippen LogP contribution is 2.34. The predicted molar refractivity (Wildman–Crippen MR) is 106 cm³/mol. The normalized spacial score (nSPS) is 13.8. The Hall–Kier alpha value is -3.69. The van der Waals surface area contributed by atoms with Crippen LogP contribution in [-0.2, 0) is 6.18 Å². The first-order valence-corrected chi connectivity index (χ1v) is 9.18. The maximum absolute atomic E-state index is 13.1. The fourth-order valence-electron chi connectivity index (χ4n) is 3.13. The number of carbonyl (C=O) groups is 1. The SMILES string of the molecule is O=C(Nc1cncnc1)N1CCCNc2ccc(-c3cccc(C(F)(F)F)c3)nc21. The van der Waals surface area contributed by atoms with Gasteiger partial charge in [0.1, 0.15) is 6.33 Å². The number of hydrogen-bond acceptors (Lipinski definition) is 5. The van der Waals surface area contributed by atoms with E-state index in [-0.39, 0.29) is 0 Å². The zero-order valence-corrected chi connectivity index (χ0v) is 15.6. The average Bonchev–Trinajstić information content (AvgIpc) is 2.96. The Morgan fingerprint density at radius 2 is 1.93 bits per heavy atom. The first-order valence-electron chi connectivity index (χ1n) is 9.18. The number of pyridine rings is 1. The van der Waals surface area contributed by atoms with Crippen LogP contribution in [0, 0.1) is 0 Å². The third-order valence-electron chi connectivity index (χ3n) is 4.55. The second-order valence-corrected chi connectivity index (χ2v) is 6.64. The number of halogens is 3. The minimum atomic E-state index is -4.45. The summed E-state index contributed by atoms with van der Waals surface area (Å²) in [6.45, 7) is 1.02. The first-order chi connectivity index (χ1) is 14.4. The predicted octanol–water partition coefficient (Wildman–Crippen LogP) is 4.41. The lowest BCUT2D eigenvalue weighted by Gasteiger charge is -2.22. The highest BCUT2D eigenvalue weighted by atomic mass is 19.4. The van der Waals surface area contributed by atoms with E-state index in [9.17, 15) is 18.0 Å². The van der Waals surface area contributed by atoms with Gasteiger partial charge in [0.25, 0.3) is 0 Å². The lowest BCUT2D eigenvalue weighted by atomic mass is 10.1. The molecule has 2 amide bonds. The molecule has 1 aromatic carbocycles. The van der Waals surface area contributed by atoms with Crippen LogP contribution >= 0.6 is 0 Å². The van der Waals surface area contributed by atoms with Crippen molar-refractivity contribution >= 4 is 23.2 Å². The van der Waals surface area contributed by atoms with Crippen molar-refractivity contribution in [3.05, 3.63) is 60.7 Å². The van der Waals surface area contributed by atoms with Crippen molar-refractivity contribution in [1.82, 2.24) is 15.0 Å². The van der Waals surface area contributed by atoms with E-state index in [4.69, 9.17) is 0 Å². The number of hydrogen-bond donors (Lipinski definition) is 2. The van der Waals surface area contributed by atoms with E-state index in [1.165, 1.54) is 29.7 Å². The molecule has 0 atom stereocenters. The Balaban J connectivity index is 1.69. The van der Waals surface area contributed by atoms with E-state index >= 15 is 0 Å². The number of benzene rings is 1. The molecule has 3 heterocycles. The fraction of sp³-hybridized carbons (Fsp3) is 0.200. The quantitative estimate of drug-likeness (QED) is 0.649. The average molecular weight is 414 g/mol. The summed E-state index contributed by atoms with van der Waals surface area (Å²) in [5, 5.41) is 5.91. The van der Waals surface area contributed by atoms with Crippen molar-refractivity contribution in [1.29, 1.82) is 0 Å². The van der Waals surface area contributed by atoms with E-state index in [0.29, 0.717) is 48.0 Å². The molecular formula is C20H17F3N6O. The second-order valence-electron chi connectivity index (χ2n) is 6.64. The molecule has 0 radical (unpaired) electrons. The molecular weight excluding hydrogens is 397 g/mol. The number of urea groups is 1. The monoisotopic (exact) mass is 414 g/mol. The number of nitrogens with one attached hydrogen (secondary N) is 2. The van der Waals surface area contributed by atoms with Crippen LogP contribution in [0.3, 0.4) is 0 Å². The molecule has 0 saturated heterocycles. The molecule has 0 unspecified atom stereocenters. The van der Waals surface area contributed by atoms with Gasteiger partial charge in [0.2, 0.25) is 0 Å². The van der Waals surface area contributed by atoms with Gasteiger partial charge in [-0.15, -0.1) is 0 Å². The van der Waals surface area contributed by atoms with Gasteiger partial charge in [-0.2, -0.15) is 13.2 Å². The Morgan fingerprint density at radius 1 is 1.13 bits per heavy atom. The summed E-state index contributed by atoms with van der Waals surface area (Å²) in [7, 11) is 0. The summed E-state index contributed by atoms with van der Waals surface area (Å²) in [4.78, 5) is 26.6. The van der Waals surface area contributed by atoms with Crippen LogP contribution in [0.1, 0.15) is 12.0 Å². The number of aromatic nitrogens is 3. The van der Waals surface area contributed by atoms with Gasteiger partial charge < -0.3 is 10.6 Å². The van der Waals surface area contributed by atoms with Crippen LogP contribution in [0.25, 0.3) is 11.3 Å². The molecule has 0 bridgehead atoms. The smallest absolute Gasteiger partial charge is 0.382 e. The highest BCUT2D eigenvalue weighted by molar-refractivity contribution is 6.03. The van der Waals surface area contributed by atoms with Gasteiger partial charge >= 0.3 is 12.2 Å². The van der Waals surface area contributed by atoms with E-state index in [1.54, 1.807) is 18.2 Å². The molecule has 0 spiro atoms. The highest BCUT2D eigenvalue weighted by Gasteiger charge is 2.31. The Bertz CT molecular complexity index is 1060. The molecule has 10 heteroatoms. The molecule has 1 aliphatic rings. The molecule has 2 N–H and O–H groups in total. The van der Waals surface area contributed by atoms with Crippen molar-refractivity contribution in [2.75, 3.05) is 28.6 Å². The topological polar surface area (TPSA) is 83.0 Å². The minimum Gasteiger partial charge on any atom is -0.382 e. The summed E-state index contributed by atoms with van der Waals surface area (Å²) in [5.74, 6) is 0.344. The van der Waals surface area contributed by atoms with Crippen LogP contribution in [0.15, 0.2) is 55.1 Å². The van der Waals surface area contributed by atoms with Crippen LogP contribution < -0.4 is 15.5 Å². The van der Waals surface area contributed by atoms with E-state index in [2.05, 4.69) is 25.6 Å². The number of anilines is 3. The van der Waals surface area contributed by atoms with Crippen LogP contribution in [0.2, 0.25) is 0 Å². The Morgan fingerprint density at radius 3 is 2.70 bits per heavy atom. The van der Waals surface area contributed by atoms with Gasteiger partial charge in [-0.3, -0.25) is 4.90 Å². The number of nitrogens with zero attached hydrogens (tertiary/aromatic N) is 4. The lowest BCUT2D eigenvalue weighted by Crippen LogP contribution is -2.36. The Kier molecular flexibility index (Phi) is 5.21. The van der Waals surface area contributed by atoms with Gasteiger partial charge in [0.15, 0.2) is 5.82 Å². The van der Waals surface area contributed by atoms with E-state index < -0.39 is 17.8 Å². The van der Waals surface area contributed by atoms with Gasteiger partial charge in [-0.05, 0) is 30.7 Å². The van der Waals surface area contributed by atoms with Gasteiger partial charge in [-0.25, -0.2) is 19.7 Å². The number of fused-ring (bicyclic) bond motifs is 1. The van der Waals surface area contributed by atoms with Crippen molar-refractivity contribution in [3.8, 4) is 11.3 Å². The number of rotatable bonds is 2. The number of carbonyl (C=O) groups excluding carboxylic acids is 1. The zero-order valence-electron chi connectivity index (χ0n) is 15.6. The molecule has 1 aliphatic heterocycles. The van der Waals surface area contributed by atoms with Crippen molar-refractivity contribution in [2.24, 2.45) is 0 Å². The van der Waals surface area contributed by atoms with Crippen molar-refractivity contribution in [2.45, 2.75) is 12.6 Å². The molecule has 3 aromatic rings. The summed E-state index contributed by atoms with van der Waals surface area (Å²) in [6, 6.07) is 7.87.